The van der Waals surface area contributed by atoms with E-state index in [0.29, 0.717) is 24.4 Å². The van der Waals surface area contributed by atoms with Crippen molar-refractivity contribution in [2.75, 3.05) is 12.3 Å². The molecule has 0 spiro atoms. The van der Waals surface area contributed by atoms with Crippen LogP contribution in [0, 0.1) is 0 Å². The Morgan fingerprint density at radius 3 is 2.60 bits per heavy atom. The second-order valence-corrected chi connectivity index (χ2v) is 10.3. The summed E-state index contributed by atoms with van der Waals surface area (Å²) in [5.41, 5.74) is 5.02. The predicted molar refractivity (Wildman–Crippen MR) is 121 cm³/mol. The van der Waals surface area contributed by atoms with Crippen molar-refractivity contribution in [3.8, 4) is 0 Å². The lowest BCUT2D eigenvalue weighted by atomic mass is 9.81. The Hall–Kier alpha value is -1.89. The number of hydrogen-bond donors (Lipinski definition) is 2. The highest BCUT2D eigenvalue weighted by atomic mass is 35.5. The maximum atomic E-state index is 11.0. The first kappa shape index (κ1) is 22.8. The Labute approximate surface area is 183 Å². The molecule has 1 aliphatic carbocycles. The summed E-state index contributed by atoms with van der Waals surface area (Å²) in [6.07, 6.45) is 8.86. The highest BCUT2D eigenvalue weighted by Crippen LogP contribution is 2.40. The van der Waals surface area contributed by atoms with Gasteiger partial charge in [-0.3, -0.25) is 4.55 Å². The Morgan fingerprint density at radius 1 is 1.17 bits per heavy atom. The molecule has 0 saturated carbocycles. The monoisotopic (exact) mass is 450 g/mol. The minimum Gasteiger partial charge on any atom is -0.515 e. The molecular weight excluding hydrogens is 422 g/mol. The molecule has 162 valence electrons. The lowest BCUT2D eigenvalue weighted by Gasteiger charge is -2.17. The molecule has 1 aromatic carbocycles. The van der Waals surface area contributed by atoms with Gasteiger partial charge in [-0.15, -0.1) is 0 Å². The van der Waals surface area contributed by atoms with Crippen LogP contribution >= 0.6 is 11.6 Å². The molecule has 0 fully saturated rings. The van der Waals surface area contributed by atoms with Crippen molar-refractivity contribution < 1.29 is 22.7 Å². The summed E-state index contributed by atoms with van der Waals surface area (Å²) in [6.45, 7) is 5.02. The second-order valence-electron chi connectivity index (χ2n) is 8.35. The standard InChI is InChI=1S/C23H28ClNO4S/c1-23(2)19-10-3-4-11-20(19)25(14-5-6-15-30(27,28)29)21(23)13-12-17-8-7-9-18(16-26)22(17)24/h3-4,10-13,16H,5-9,14-15H2,1-2H3,(H,27,28,29)/p+1. The third-order valence-corrected chi connectivity index (χ3v) is 7.18. The Balaban J connectivity index is 1.94. The smallest absolute Gasteiger partial charge is 0.264 e. The number of para-hydroxylation sites is 1. The van der Waals surface area contributed by atoms with E-state index < -0.39 is 10.1 Å². The summed E-state index contributed by atoms with van der Waals surface area (Å²) in [5, 5.41) is 10.0. The normalized spacial score (nSPS) is 20.5. The van der Waals surface area contributed by atoms with E-state index >= 15 is 0 Å². The third-order valence-electron chi connectivity index (χ3n) is 5.89. The average molecular weight is 451 g/mol. The maximum Gasteiger partial charge on any atom is 0.264 e. The molecule has 0 bridgehead atoms. The first-order valence-electron chi connectivity index (χ1n) is 10.2. The number of fused-ring (bicyclic) bond motifs is 1. The zero-order valence-electron chi connectivity index (χ0n) is 17.4. The maximum absolute atomic E-state index is 11.0. The molecule has 0 aromatic heterocycles. The first-order chi connectivity index (χ1) is 14.1. The van der Waals surface area contributed by atoms with Gasteiger partial charge in [-0.1, -0.05) is 35.9 Å². The molecule has 2 aliphatic rings. The van der Waals surface area contributed by atoms with Gasteiger partial charge in [-0.2, -0.15) is 13.0 Å². The zero-order chi connectivity index (χ0) is 21.9. The van der Waals surface area contributed by atoms with Crippen LogP contribution < -0.4 is 0 Å². The van der Waals surface area contributed by atoms with Gasteiger partial charge in [-0.05, 0) is 45.1 Å². The molecule has 0 saturated heterocycles. The van der Waals surface area contributed by atoms with Crippen LogP contribution in [-0.2, 0) is 15.5 Å². The number of halogens is 1. The Bertz CT molecular complexity index is 1050. The van der Waals surface area contributed by atoms with E-state index in [4.69, 9.17) is 16.2 Å². The summed E-state index contributed by atoms with van der Waals surface area (Å²) < 4.78 is 33.3. The number of rotatable bonds is 7. The van der Waals surface area contributed by atoms with Crippen LogP contribution in [-0.4, -0.2) is 40.7 Å². The minimum absolute atomic E-state index is 0.215. The molecule has 7 heteroatoms. The van der Waals surface area contributed by atoms with Crippen LogP contribution in [0.25, 0.3) is 0 Å². The third kappa shape index (κ3) is 4.88. The summed E-state index contributed by atoms with van der Waals surface area (Å²) in [4.78, 5) is 0. The van der Waals surface area contributed by atoms with Crippen molar-refractivity contribution >= 4 is 33.1 Å². The van der Waals surface area contributed by atoms with E-state index in [9.17, 15) is 13.5 Å². The summed E-state index contributed by atoms with van der Waals surface area (Å²) in [5.74, 6) is -0.226. The fraction of sp³-hybridized carbons (Fsp3) is 0.435. The molecule has 0 unspecified atom stereocenters. The summed E-state index contributed by atoms with van der Waals surface area (Å²) in [7, 11) is -3.94. The molecule has 1 aliphatic heterocycles. The van der Waals surface area contributed by atoms with E-state index in [1.165, 1.54) is 5.56 Å². The lowest BCUT2D eigenvalue weighted by molar-refractivity contribution is -0.438. The lowest BCUT2D eigenvalue weighted by Crippen LogP contribution is -2.28. The van der Waals surface area contributed by atoms with Gasteiger partial charge in [0, 0.05) is 29.7 Å². The van der Waals surface area contributed by atoms with Crippen molar-refractivity contribution in [2.24, 2.45) is 0 Å². The Morgan fingerprint density at radius 2 is 1.90 bits per heavy atom. The van der Waals surface area contributed by atoms with Crippen molar-refractivity contribution in [1.29, 1.82) is 0 Å². The number of allylic oxidation sites excluding steroid dienone is 5. The van der Waals surface area contributed by atoms with E-state index in [1.807, 2.05) is 18.2 Å². The molecule has 0 amide bonds. The number of aliphatic hydroxyl groups excluding tert-OH is 1. The van der Waals surface area contributed by atoms with Crippen LogP contribution in [0.2, 0.25) is 0 Å². The molecule has 5 nitrogen and oxygen atoms in total. The second kappa shape index (κ2) is 9.08. The fourth-order valence-corrected chi connectivity index (χ4v) is 5.16. The van der Waals surface area contributed by atoms with Crippen molar-refractivity contribution in [3.05, 3.63) is 64.4 Å². The van der Waals surface area contributed by atoms with Crippen molar-refractivity contribution in [3.63, 3.8) is 0 Å². The fourth-order valence-electron chi connectivity index (χ4n) is 4.29. The van der Waals surface area contributed by atoms with Gasteiger partial charge in [0.25, 0.3) is 10.1 Å². The number of nitrogens with zero attached hydrogens (tertiary/aromatic N) is 1. The molecule has 1 aromatic rings. The predicted octanol–water partition coefficient (Wildman–Crippen LogP) is 5.41. The largest absolute Gasteiger partial charge is 0.515 e. The first-order valence-corrected chi connectivity index (χ1v) is 12.2. The quantitative estimate of drug-likeness (QED) is 0.252. The molecule has 30 heavy (non-hydrogen) atoms. The highest BCUT2D eigenvalue weighted by molar-refractivity contribution is 7.85. The van der Waals surface area contributed by atoms with Crippen molar-refractivity contribution in [2.45, 2.75) is 51.4 Å². The van der Waals surface area contributed by atoms with E-state index in [-0.39, 0.29) is 11.2 Å². The number of unbranched alkanes of at least 4 members (excludes halogenated alkanes) is 1. The van der Waals surface area contributed by atoms with Crippen LogP contribution in [0.3, 0.4) is 0 Å². The zero-order valence-corrected chi connectivity index (χ0v) is 19.0. The highest BCUT2D eigenvalue weighted by Gasteiger charge is 2.43. The minimum atomic E-state index is -3.94. The molecule has 3 rings (SSSR count). The van der Waals surface area contributed by atoms with E-state index in [2.05, 4.69) is 36.6 Å². The van der Waals surface area contributed by atoms with E-state index in [0.717, 1.165) is 48.1 Å². The number of benzene rings is 1. The Kier molecular flexibility index (Phi) is 6.90. The number of hydrogen-bond acceptors (Lipinski definition) is 3. The molecule has 0 atom stereocenters. The molecule has 1 heterocycles. The molecule has 2 N–H and O–H groups in total. The summed E-state index contributed by atoms with van der Waals surface area (Å²) in [6, 6.07) is 8.25. The van der Waals surface area contributed by atoms with Crippen LogP contribution in [0.1, 0.15) is 51.5 Å². The van der Waals surface area contributed by atoms with E-state index in [1.54, 1.807) is 0 Å². The van der Waals surface area contributed by atoms with Gasteiger partial charge in [-0.25, -0.2) is 0 Å². The van der Waals surface area contributed by atoms with Gasteiger partial charge < -0.3 is 5.11 Å². The van der Waals surface area contributed by atoms with Crippen LogP contribution in [0.4, 0.5) is 5.69 Å². The molecule has 0 radical (unpaired) electrons. The molecular formula is C23H29ClNO4S+. The SMILES string of the molecule is CC1(C)C(/C=C/C2=C(Cl)C(=C/O)/CCC2)=[N+](CCCCS(=O)(=O)O)c2ccccc21. The van der Waals surface area contributed by atoms with Crippen LogP contribution in [0.5, 0.6) is 0 Å². The topological polar surface area (TPSA) is 77.6 Å². The van der Waals surface area contributed by atoms with Gasteiger partial charge in [0.2, 0.25) is 5.69 Å². The van der Waals surface area contributed by atoms with Crippen LogP contribution in [0.15, 0.2) is 58.9 Å². The van der Waals surface area contributed by atoms with Gasteiger partial charge in [0.05, 0.1) is 22.5 Å². The van der Waals surface area contributed by atoms with Gasteiger partial charge in [0.15, 0.2) is 5.71 Å². The number of aliphatic hydroxyl groups is 1. The van der Waals surface area contributed by atoms with Gasteiger partial charge >= 0.3 is 0 Å². The average Bonchev–Trinajstić information content (AvgIpc) is 2.90. The van der Waals surface area contributed by atoms with Crippen molar-refractivity contribution in [1.82, 2.24) is 0 Å². The summed E-state index contributed by atoms with van der Waals surface area (Å²) >= 11 is 6.47. The van der Waals surface area contributed by atoms with Gasteiger partial charge in [0.1, 0.15) is 6.54 Å².